The lowest BCUT2D eigenvalue weighted by Crippen LogP contribution is -2.14. The summed E-state index contributed by atoms with van der Waals surface area (Å²) in [4.78, 5) is 21.8. The molecule has 0 aliphatic heterocycles. The number of hydrogen-bond donors (Lipinski definition) is 0. The maximum atomic E-state index is 11.6. The fourth-order valence-electron chi connectivity index (χ4n) is 1.87. The first-order valence-electron chi connectivity index (χ1n) is 7.04. The van der Waals surface area contributed by atoms with Crippen molar-refractivity contribution in [3.05, 3.63) is 65.7 Å². The number of rotatable bonds is 8. The summed E-state index contributed by atoms with van der Waals surface area (Å²) >= 11 is 0. The number of esters is 1. The second-order valence-corrected chi connectivity index (χ2v) is 4.72. The van der Waals surface area contributed by atoms with Gasteiger partial charge in [0.1, 0.15) is 12.4 Å². The van der Waals surface area contributed by atoms with Crippen molar-refractivity contribution in [1.29, 1.82) is 0 Å². The maximum absolute atomic E-state index is 11.6. The molecule has 0 saturated heterocycles. The minimum absolute atomic E-state index is 0.131. The minimum atomic E-state index is -0.413. The first-order valence-corrected chi connectivity index (χ1v) is 7.04. The standard InChI is InChI=1S/C18H17O4/c19-12-4-7-15-8-10-17(11-9-15)21-14-18(20)22-13-16-5-2-1-3-6-16/h1-3,5-6,8-11H,4,7,13-14H2. The molecule has 2 aromatic carbocycles. The van der Waals surface area contributed by atoms with Gasteiger partial charge < -0.3 is 9.47 Å². The first-order chi connectivity index (χ1) is 10.8. The van der Waals surface area contributed by atoms with Gasteiger partial charge in [-0.1, -0.05) is 42.5 Å². The van der Waals surface area contributed by atoms with Gasteiger partial charge in [0.15, 0.2) is 12.9 Å². The van der Waals surface area contributed by atoms with Gasteiger partial charge in [0.25, 0.3) is 0 Å². The Labute approximate surface area is 129 Å². The molecule has 0 fully saturated rings. The van der Waals surface area contributed by atoms with E-state index in [1.807, 2.05) is 48.8 Å². The molecule has 0 N–H and O–H groups in total. The van der Waals surface area contributed by atoms with Crippen LogP contribution in [0.25, 0.3) is 0 Å². The Kier molecular flexibility index (Phi) is 6.18. The Hall–Kier alpha value is -2.62. The van der Waals surface area contributed by atoms with Crippen molar-refractivity contribution in [3.63, 3.8) is 0 Å². The van der Waals surface area contributed by atoms with Crippen molar-refractivity contribution < 1.29 is 19.1 Å². The van der Waals surface area contributed by atoms with Crippen molar-refractivity contribution in [1.82, 2.24) is 0 Å². The highest BCUT2D eigenvalue weighted by Gasteiger charge is 2.05. The topological polar surface area (TPSA) is 52.6 Å². The largest absolute Gasteiger partial charge is 0.482 e. The Morgan fingerprint density at radius 3 is 2.36 bits per heavy atom. The highest BCUT2D eigenvalue weighted by Crippen LogP contribution is 2.13. The van der Waals surface area contributed by atoms with Crippen LogP contribution in [-0.4, -0.2) is 18.9 Å². The SMILES string of the molecule is O=[C]CCc1ccc(OCC(=O)OCc2ccccc2)cc1. The van der Waals surface area contributed by atoms with Crippen LogP contribution >= 0.6 is 0 Å². The van der Waals surface area contributed by atoms with Crippen molar-refractivity contribution in [2.75, 3.05) is 6.61 Å². The fourth-order valence-corrected chi connectivity index (χ4v) is 1.87. The van der Waals surface area contributed by atoms with E-state index in [0.29, 0.717) is 18.6 Å². The zero-order valence-corrected chi connectivity index (χ0v) is 12.2. The molecule has 0 spiro atoms. The number of benzene rings is 2. The smallest absolute Gasteiger partial charge is 0.344 e. The van der Waals surface area contributed by atoms with Crippen molar-refractivity contribution in [3.8, 4) is 5.75 Å². The average Bonchev–Trinajstić information content (AvgIpc) is 2.58. The summed E-state index contributed by atoms with van der Waals surface area (Å²) in [6, 6.07) is 16.7. The van der Waals surface area contributed by atoms with E-state index >= 15 is 0 Å². The molecule has 0 heterocycles. The van der Waals surface area contributed by atoms with Gasteiger partial charge in [0.05, 0.1) is 0 Å². The highest BCUT2D eigenvalue weighted by atomic mass is 16.6. The quantitative estimate of drug-likeness (QED) is 0.703. The van der Waals surface area contributed by atoms with Crippen molar-refractivity contribution in [2.45, 2.75) is 19.4 Å². The third-order valence-corrected chi connectivity index (χ3v) is 3.04. The molecule has 1 radical (unpaired) electrons. The van der Waals surface area contributed by atoms with E-state index in [1.54, 1.807) is 12.1 Å². The average molecular weight is 297 g/mol. The molecule has 2 rings (SSSR count). The number of aryl methyl sites for hydroxylation is 1. The normalized spacial score (nSPS) is 10.0. The molecule has 4 nitrogen and oxygen atoms in total. The third-order valence-electron chi connectivity index (χ3n) is 3.04. The second kappa shape index (κ2) is 8.62. The molecule has 0 bridgehead atoms. The molecule has 113 valence electrons. The van der Waals surface area contributed by atoms with Gasteiger partial charge in [-0.05, 0) is 29.7 Å². The molecule has 0 aromatic heterocycles. The predicted molar refractivity (Wildman–Crippen MR) is 82.2 cm³/mol. The van der Waals surface area contributed by atoms with Gasteiger partial charge in [0.2, 0.25) is 0 Å². The summed E-state index contributed by atoms with van der Waals surface area (Å²) in [7, 11) is 0. The van der Waals surface area contributed by atoms with Crippen LogP contribution in [0.5, 0.6) is 5.75 Å². The van der Waals surface area contributed by atoms with Crippen LogP contribution in [0.2, 0.25) is 0 Å². The molecule has 4 heteroatoms. The Balaban J connectivity index is 1.72. The van der Waals surface area contributed by atoms with E-state index in [-0.39, 0.29) is 13.2 Å². The van der Waals surface area contributed by atoms with Crippen molar-refractivity contribution >= 4 is 12.3 Å². The zero-order valence-electron chi connectivity index (χ0n) is 12.2. The maximum Gasteiger partial charge on any atom is 0.344 e. The van der Waals surface area contributed by atoms with Gasteiger partial charge in [-0.25, -0.2) is 4.79 Å². The van der Waals surface area contributed by atoms with Crippen LogP contribution in [0.4, 0.5) is 0 Å². The van der Waals surface area contributed by atoms with Crippen LogP contribution < -0.4 is 4.74 Å². The lowest BCUT2D eigenvalue weighted by atomic mass is 10.1. The number of carbonyl (C=O) groups is 1. The molecule has 2 aromatic rings. The monoisotopic (exact) mass is 297 g/mol. The lowest BCUT2D eigenvalue weighted by Gasteiger charge is -2.07. The van der Waals surface area contributed by atoms with Gasteiger partial charge in [0, 0.05) is 6.42 Å². The molecule has 22 heavy (non-hydrogen) atoms. The van der Waals surface area contributed by atoms with E-state index in [4.69, 9.17) is 9.47 Å². The van der Waals surface area contributed by atoms with E-state index in [9.17, 15) is 9.59 Å². The molecule has 0 atom stereocenters. The Morgan fingerprint density at radius 2 is 1.68 bits per heavy atom. The molecule has 0 amide bonds. The van der Waals surface area contributed by atoms with Crippen LogP contribution in [0, 0.1) is 0 Å². The van der Waals surface area contributed by atoms with Gasteiger partial charge in [-0.3, -0.25) is 4.79 Å². The summed E-state index contributed by atoms with van der Waals surface area (Å²) in [5.74, 6) is 0.180. The molecule has 0 aliphatic carbocycles. The summed E-state index contributed by atoms with van der Waals surface area (Å²) in [5.41, 5.74) is 1.97. The summed E-state index contributed by atoms with van der Waals surface area (Å²) in [6.45, 7) is 0.110. The lowest BCUT2D eigenvalue weighted by molar-refractivity contribution is -0.147. The molecular weight excluding hydrogens is 280 g/mol. The zero-order chi connectivity index (χ0) is 15.6. The Bertz CT molecular complexity index is 590. The minimum Gasteiger partial charge on any atom is -0.482 e. The van der Waals surface area contributed by atoms with Crippen LogP contribution in [0.15, 0.2) is 54.6 Å². The second-order valence-electron chi connectivity index (χ2n) is 4.72. The summed E-state index contributed by atoms with van der Waals surface area (Å²) in [6.07, 6.45) is 2.89. The number of hydrogen-bond acceptors (Lipinski definition) is 4. The molecule has 0 unspecified atom stereocenters. The van der Waals surface area contributed by atoms with E-state index < -0.39 is 5.97 Å². The van der Waals surface area contributed by atoms with Crippen molar-refractivity contribution in [2.24, 2.45) is 0 Å². The third kappa shape index (κ3) is 5.40. The van der Waals surface area contributed by atoms with Gasteiger partial charge in [-0.15, -0.1) is 0 Å². The number of ether oxygens (including phenoxy) is 2. The highest BCUT2D eigenvalue weighted by molar-refractivity contribution is 5.71. The Morgan fingerprint density at radius 1 is 0.955 bits per heavy atom. The van der Waals surface area contributed by atoms with Gasteiger partial charge in [-0.2, -0.15) is 0 Å². The van der Waals surface area contributed by atoms with Crippen LogP contribution in [0.3, 0.4) is 0 Å². The van der Waals surface area contributed by atoms with E-state index in [0.717, 1.165) is 11.1 Å². The number of carbonyl (C=O) groups excluding carboxylic acids is 2. The molecule has 0 saturated carbocycles. The van der Waals surface area contributed by atoms with Gasteiger partial charge >= 0.3 is 5.97 Å². The predicted octanol–water partition coefficient (Wildman–Crippen LogP) is 2.85. The van der Waals surface area contributed by atoms with E-state index in [2.05, 4.69) is 0 Å². The fraction of sp³-hybridized carbons (Fsp3) is 0.222. The summed E-state index contributed by atoms with van der Waals surface area (Å²) < 4.78 is 10.5. The van der Waals surface area contributed by atoms with Crippen LogP contribution in [-0.2, 0) is 27.4 Å². The molecule has 0 aliphatic rings. The van der Waals surface area contributed by atoms with E-state index in [1.165, 1.54) is 0 Å². The van der Waals surface area contributed by atoms with Crippen LogP contribution in [0.1, 0.15) is 17.5 Å². The first kappa shape index (κ1) is 15.8. The molecular formula is C18H17O4. The summed E-state index contributed by atoms with van der Waals surface area (Å²) in [5, 5.41) is 0.